The van der Waals surface area contributed by atoms with Crippen LogP contribution in [0.4, 0.5) is 4.39 Å². The van der Waals surface area contributed by atoms with Crippen molar-refractivity contribution in [3.05, 3.63) is 23.5 Å². The standard InChI is InChI=1S/C10H8FNO3/c11-9-7(5-12-6-13)1-2-8-10(9)15-4-3-14-8/h1-2H,3-5H2. The molecule has 0 N–H and O–H groups in total. The molecule has 78 valence electrons. The van der Waals surface area contributed by atoms with Crippen molar-refractivity contribution >= 4 is 6.08 Å². The Hall–Kier alpha value is -1.87. The lowest BCUT2D eigenvalue weighted by molar-refractivity contribution is 0.164. The van der Waals surface area contributed by atoms with Crippen LogP contribution in [0.15, 0.2) is 17.1 Å². The van der Waals surface area contributed by atoms with Crippen LogP contribution in [0.3, 0.4) is 0 Å². The second-order valence-electron chi connectivity index (χ2n) is 2.97. The SMILES string of the molecule is O=C=NCc1ccc2c(c1F)OCCO2. The molecule has 0 radical (unpaired) electrons. The van der Waals surface area contributed by atoms with Crippen LogP contribution >= 0.6 is 0 Å². The van der Waals surface area contributed by atoms with Gasteiger partial charge in [-0.05, 0) is 6.07 Å². The molecule has 0 spiro atoms. The average Bonchev–Trinajstić information content (AvgIpc) is 2.29. The van der Waals surface area contributed by atoms with E-state index in [9.17, 15) is 9.18 Å². The fourth-order valence-electron chi connectivity index (χ4n) is 1.36. The van der Waals surface area contributed by atoms with Crippen molar-refractivity contribution in [1.82, 2.24) is 0 Å². The van der Waals surface area contributed by atoms with Gasteiger partial charge >= 0.3 is 0 Å². The van der Waals surface area contributed by atoms with Crippen molar-refractivity contribution in [1.29, 1.82) is 0 Å². The van der Waals surface area contributed by atoms with E-state index in [1.807, 2.05) is 0 Å². The highest BCUT2D eigenvalue weighted by Crippen LogP contribution is 2.34. The van der Waals surface area contributed by atoms with Crippen molar-refractivity contribution in [2.24, 2.45) is 4.99 Å². The summed E-state index contributed by atoms with van der Waals surface area (Å²) in [6.07, 6.45) is 1.36. The van der Waals surface area contributed by atoms with Crippen LogP contribution in [-0.4, -0.2) is 19.3 Å². The Morgan fingerprint density at radius 3 is 3.00 bits per heavy atom. The van der Waals surface area contributed by atoms with Crippen LogP contribution in [0.25, 0.3) is 0 Å². The van der Waals surface area contributed by atoms with Gasteiger partial charge in [-0.15, -0.1) is 0 Å². The summed E-state index contributed by atoms with van der Waals surface area (Å²) >= 11 is 0. The lowest BCUT2D eigenvalue weighted by Gasteiger charge is -2.19. The largest absolute Gasteiger partial charge is 0.486 e. The van der Waals surface area contributed by atoms with Crippen molar-refractivity contribution in [3.8, 4) is 11.5 Å². The summed E-state index contributed by atoms with van der Waals surface area (Å²) < 4.78 is 24.0. The van der Waals surface area contributed by atoms with Crippen LogP contribution < -0.4 is 9.47 Å². The Morgan fingerprint density at radius 2 is 2.20 bits per heavy atom. The van der Waals surface area contributed by atoms with Gasteiger partial charge in [-0.2, -0.15) is 0 Å². The number of halogens is 1. The zero-order valence-electron chi connectivity index (χ0n) is 7.83. The van der Waals surface area contributed by atoms with E-state index in [0.717, 1.165) is 0 Å². The highest BCUT2D eigenvalue weighted by Gasteiger charge is 2.18. The molecule has 1 heterocycles. The number of nitrogens with zero attached hydrogens (tertiary/aromatic N) is 1. The van der Waals surface area contributed by atoms with Gasteiger partial charge in [0.1, 0.15) is 13.2 Å². The predicted molar refractivity (Wildman–Crippen MR) is 49.2 cm³/mol. The molecule has 1 aliphatic heterocycles. The molecule has 0 saturated heterocycles. The summed E-state index contributed by atoms with van der Waals surface area (Å²) in [6, 6.07) is 3.12. The molecule has 0 aliphatic carbocycles. The second kappa shape index (κ2) is 4.11. The van der Waals surface area contributed by atoms with E-state index < -0.39 is 5.82 Å². The van der Waals surface area contributed by atoms with Gasteiger partial charge in [0.2, 0.25) is 6.08 Å². The Balaban J connectivity index is 2.38. The molecule has 0 amide bonds. The third-order valence-corrected chi connectivity index (χ3v) is 2.04. The lowest BCUT2D eigenvalue weighted by atomic mass is 10.2. The first-order chi connectivity index (χ1) is 7.33. The van der Waals surface area contributed by atoms with Crippen molar-refractivity contribution in [3.63, 3.8) is 0 Å². The van der Waals surface area contributed by atoms with Crippen molar-refractivity contribution < 1.29 is 18.7 Å². The van der Waals surface area contributed by atoms with E-state index in [0.29, 0.717) is 24.5 Å². The molecule has 0 saturated carbocycles. The number of fused-ring (bicyclic) bond motifs is 1. The number of rotatable bonds is 2. The molecule has 15 heavy (non-hydrogen) atoms. The predicted octanol–water partition coefficient (Wildman–Crippen LogP) is 1.43. The number of hydrogen-bond acceptors (Lipinski definition) is 4. The van der Waals surface area contributed by atoms with Crippen molar-refractivity contribution in [2.75, 3.05) is 13.2 Å². The minimum Gasteiger partial charge on any atom is -0.486 e. The molecule has 0 aromatic heterocycles. The number of hydrogen-bond donors (Lipinski definition) is 0. The molecular formula is C10H8FNO3. The highest BCUT2D eigenvalue weighted by atomic mass is 19.1. The molecule has 1 aromatic rings. The fourth-order valence-corrected chi connectivity index (χ4v) is 1.36. The summed E-state index contributed by atoms with van der Waals surface area (Å²) in [5.74, 6) is -0.0383. The first kappa shape index (κ1) is 9.68. The van der Waals surface area contributed by atoms with Gasteiger partial charge in [-0.25, -0.2) is 14.2 Å². The number of carbonyl (C=O) groups excluding carboxylic acids is 1. The molecule has 1 aliphatic rings. The minimum atomic E-state index is -0.522. The average molecular weight is 209 g/mol. The molecule has 0 atom stereocenters. The van der Waals surface area contributed by atoms with Crippen molar-refractivity contribution in [2.45, 2.75) is 6.54 Å². The first-order valence-corrected chi connectivity index (χ1v) is 4.43. The van der Waals surface area contributed by atoms with Crippen LogP contribution in [0, 0.1) is 5.82 Å². The lowest BCUT2D eigenvalue weighted by Crippen LogP contribution is -2.16. The number of isocyanates is 1. The van der Waals surface area contributed by atoms with Crippen LogP contribution in [0.1, 0.15) is 5.56 Å². The summed E-state index contributed by atoms with van der Waals surface area (Å²) in [4.78, 5) is 13.2. The molecular weight excluding hydrogens is 201 g/mol. The summed E-state index contributed by atoms with van der Waals surface area (Å²) in [5.41, 5.74) is 0.294. The number of ether oxygens (including phenoxy) is 2. The third-order valence-electron chi connectivity index (χ3n) is 2.04. The summed E-state index contributed by atoms with van der Waals surface area (Å²) in [7, 11) is 0. The van der Waals surface area contributed by atoms with Gasteiger partial charge in [0, 0.05) is 5.56 Å². The van der Waals surface area contributed by atoms with E-state index in [1.54, 1.807) is 6.07 Å². The Bertz CT molecular complexity index is 427. The molecule has 0 fully saturated rings. The first-order valence-electron chi connectivity index (χ1n) is 4.43. The number of aliphatic imine (C=N–C) groups is 1. The van der Waals surface area contributed by atoms with E-state index in [4.69, 9.17) is 9.47 Å². The van der Waals surface area contributed by atoms with Gasteiger partial charge in [0.05, 0.1) is 6.54 Å². The Labute approximate surface area is 85.3 Å². The highest BCUT2D eigenvalue weighted by molar-refractivity contribution is 5.46. The fraction of sp³-hybridized carbons (Fsp3) is 0.300. The molecule has 2 rings (SSSR count). The molecule has 4 nitrogen and oxygen atoms in total. The summed E-state index contributed by atoms with van der Waals surface area (Å²) in [6.45, 7) is 0.703. The Morgan fingerprint density at radius 1 is 1.40 bits per heavy atom. The zero-order valence-corrected chi connectivity index (χ0v) is 7.83. The van der Waals surface area contributed by atoms with E-state index in [2.05, 4.69) is 4.99 Å². The normalized spacial score (nSPS) is 13.1. The van der Waals surface area contributed by atoms with Gasteiger partial charge in [-0.1, -0.05) is 6.07 Å². The molecule has 5 heteroatoms. The summed E-state index contributed by atoms with van der Waals surface area (Å²) in [5, 5.41) is 0. The number of benzene rings is 1. The topological polar surface area (TPSA) is 47.9 Å². The minimum absolute atomic E-state index is 0.0357. The van der Waals surface area contributed by atoms with Crippen LogP contribution in [0.2, 0.25) is 0 Å². The maximum Gasteiger partial charge on any atom is 0.235 e. The smallest absolute Gasteiger partial charge is 0.235 e. The zero-order chi connectivity index (χ0) is 10.7. The maximum atomic E-state index is 13.7. The van der Waals surface area contributed by atoms with Crippen LogP contribution in [0.5, 0.6) is 11.5 Å². The monoisotopic (exact) mass is 209 g/mol. The van der Waals surface area contributed by atoms with E-state index in [-0.39, 0.29) is 12.3 Å². The van der Waals surface area contributed by atoms with Crippen LogP contribution in [-0.2, 0) is 11.3 Å². The Kier molecular flexibility index (Phi) is 2.65. The molecule has 0 bridgehead atoms. The second-order valence-corrected chi connectivity index (χ2v) is 2.97. The molecule has 0 unspecified atom stereocenters. The van der Waals surface area contributed by atoms with E-state index >= 15 is 0 Å². The maximum absolute atomic E-state index is 13.7. The van der Waals surface area contributed by atoms with Gasteiger partial charge in [0.25, 0.3) is 0 Å². The van der Waals surface area contributed by atoms with E-state index in [1.165, 1.54) is 12.1 Å². The van der Waals surface area contributed by atoms with Gasteiger partial charge in [0.15, 0.2) is 17.3 Å². The quantitative estimate of drug-likeness (QED) is 0.546. The molecule has 1 aromatic carbocycles. The third kappa shape index (κ3) is 1.82. The van der Waals surface area contributed by atoms with Gasteiger partial charge < -0.3 is 9.47 Å². The van der Waals surface area contributed by atoms with Gasteiger partial charge in [-0.3, -0.25) is 0 Å².